The highest BCUT2D eigenvalue weighted by Crippen LogP contribution is 2.43. The first-order valence-electron chi connectivity index (χ1n) is 20.9. The number of phosphoric ester groups is 1. The number of nitrogens with one attached hydrogen (secondary N) is 1. The molecule has 300 valence electrons. The molecule has 3 N–H and O–H groups in total. The van der Waals surface area contributed by atoms with Gasteiger partial charge in [-0.05, 0) is 57.8 Å². The van der Waals surface area contributed by atoms with Crippen molar-refractivity contribution in [2.75, 3.05) is 40.9 Å². The van der Waals surface area contributed by atoms with E-state index in [1.165, 1.54) is 103 Å². The summed E-state index contributed by atoms with van der Waals surface area (Å²) in [5.41, 5.74) is 0. The van der Waals surface area contributed by atoms with Crippen LogP contribution in [-0.2, 0) is 18.4 Å². The van der Waals surface area contributed by atoms with Crippen molar-refractivity contribution in [1.82, 2.24) is 5.32 Å². The molecule has 0 rings (SSSR count). The van der Waals surface area contributed by atoms with Crippen molar-refractivity contribution >= 4 is 13.7 Å². The number of phosphoric acid groups is 1. The van der Waals surface area contributed by atoms with Gasteiger partial charge < -0.3 is 19.8 Å². The van der Waals surface area contributed by atoms with Crippen LogP contribution in [0.25, 0.3) is 0 Å². The molecule has 0 aliphatic rings. The number of allylic oxidation sites excluding steroid dienone is 5. The van der Waals surface area contributed by atoms with Crippen molar-refractivity contribution in [3.05, 3.63) is 36.5 Å². The van der Waals surface area contributed by atoms with Crippen LogP contribution in [0, 0.1) is 0 Å². The summed E-state index contributed by atoms with van der Waals surface area (Å²) in [5.74, 6) is -0.198. The molecule has 3 unspecified atom stereocenters. The first-order chi connectivity index (χ1) is 24.5. The molecule has 0 aromatic rings. The molecule has 8 nitrogen and oxygen atoms in total. The SMILES string of the molecule is CCCCCCC/C=C/CC/C=C/C(O)C(COP(=O)(O)OCC[N+](C)(C)C)NC(=O)CCCCCCC/C=C\CCCCCCCCCCC. The zero-order valence-electron chi connectivity index (χ0n) is 33.8. The maximum Gasteiger partial charge on any atom is 0.472 e. The zero-order valence-corrected chi connectivity index (χ0v) is 34.7. The number of unbranched alkanes of at least 4 members (excludes halogenated alkanes) is 20. The van der Waals surface area contributed by atoms with Gasteiger partial charge in [-0.15, -0.1) is 0 Å². The van der Waals surface area contributed by atoms with Crippen molar-refractivity contribution in [1.29, 1.82) is 0 Å². The molecule has 0 spiro atoms. The Morgan fingerprint density at radius 1 is 0.647 bits per heavy atom. The lowest BCUT2D eigenvalue weighted by atomic mass is 10.1. The van der Waals surface area contributed by atoms with E-state index >= 15 is 0 Å². The summed E-state index contributed by atoms with van der Waals surface area (Å²) >= 11 is 0. The number of aliphatic hydroxyl groups excluding tert-OH is 1. The normalized spacial score (nSPS) is 14.9. The summed E-state index contributed by atoms with van der Waals surface area (Å²) in [5, 5.41) is 13.7. The monoisotopic (exact) mass is 742 g/mol. The Balaban J connectivity index is 4.46. The number of carbonyl (C=O) groups is 1. The number of aliphatic hydroxyl groups is 1. The lowest BCUT2D eigenvalue weighted by molar-refractivity contribution is -0.870. The number of carbonyl (C=O) groups excluding carboxylic acids is 1. The summed E-state index contributed by atoms with van der Waals surface area (Å²) in [7, 11) is 1.54. The average molecular weight is 742 g/mol. The maximum atomic E-state index is 12.8. The van der Waals surface area contributed by atoms with E-state index in [0.29, 0.717) is 17.4 Å². The average Bonchev–Trinajstić information content (AvgIpc) is 3.07. The number of nitrogens with zero attached hydrogens (tertiary/aromatic N) is 1. The minimum Gasteiger partial charge on any atom is -0.387 e. The number of quaternary nitrogens is 1. The highest BCUT2D eigenvalue weighted by Gasteiger charge is 2.27. The van der Waals surface area contributed by atoms with Crippen LogP contribution in [-0.4, -0.2) is 73.4 Å². The molecule has 0 aliphatic carbocycles. The zero-order chi connectivity index (χ0) is 37.9. The molecular formula is C42H82N2O6P+. The third-order valence-corrected chi connectivity index (χ3v) is 10.1. The first kappa shape index (κ1) is 49.7. The van der Waals surface area contributed by atoms with Crippen LogP contribution in [0.4, 0.5) is 0 Å². The van der Waals surface area contributed by atoms with E-state index in [9.17, 15) is 19.4 Å². The number of rotatable bonds is 37. The fraction of sp³-hybridized carbons (Fsp3) is 0.833. The minimum atomic E-state index is -4.34. The fourth-order valence-corrected chi connectivity index (χ4v) is 6.43. The van der Waals surface area contributed by atoms with E-state index in [1.807, 2.05) is 27.2 Å². The summed E-state index contributed by atoms with van der Waals surface area (Å²) in [6.07, 6.45) is 40.7. The van der Waals surface area contributed by atoms with Crippen molar-refractivity contribution in [2.24, 2.45) is 0 Å². The van der Waals surface area contributed by atoms with E-state index in [2.05, 4.69) is 43.5 Å². The Bertz CT molecular complexity index is 933. The minimum absolute atomic E-state index is 0.0542. The Morgan fingerprint density at radius 2 is 1.08 bits per heavy atom. The second-order valence-corrected chi connectivity index (χ2v) is 16.8. The van der Waals surface area contributed by atoms with E-state index in [4.69, 9.17) is 9.05 Å². The standard InChI is InChI=1S/C42H81N2O6P/c1-6-8-10-12-14-16-18-19-20-21-22-23-24-26-28-30-32-34-36-42(46)43-40(39-50-51(47,48)49-38-37-44(3,4)5)41(45)35-33-31-29-27-25-17-15-13-11-9-7-2/h22-23,25,27,33,35,40-41,45H,6-21,24,26,28-32,34,36-39H2,1-5H3,(H-,43,46,47,48)/p+1/b23-22-,27-25+,35-33+. The van der Waals surface area contributed by atoms with Gasteiger partial charge in [-0.25, -0.2) is 4.57 Å². The molecular weight excluding hydrogens is 659 g/mol. The van der Waals surface area contributed by atoms with Crippen molar-refractivity contribution in [3.8, 4) is 0 Å². The molecule has 0 saturated heterocycles. The maximum absolute atomic E-state index is 12.8. The Morgan fingerprint density at radius 3 is 1.57 bits per heavy atom. The van der Waals surface area contributed by atoms with Crippen LogP contribution in [0.15, 0.2) is 36.5 Å². The van der Waals surface area contributed by atoms with Crippen LogP contribution in [0.5, 0.6) is 0 Å². The van der Waals surface area contributed by atoms with Gasteiger partial charge in [-0.3, -0.25) is 13.8 Å². The van der Waals surface area contributed by atoms with E-state index < -0.39 is 20.0 Å². The largest absolute Gasteiger partial charge is 0.472 e. The molecule has 0 heterocycles. The quantitative estimate of drug-likeness (QED) is 0.0253. The summed E-state index contributed by atoms with van der Waals surface area (Å²) in [6, 6.07) is -0.864. The van der Waals surface area contributed by atoms with Crippen LogP contribution < -0.4 is 5.32 Å². The molecule has 51 heavy (non-hydrogen) atoms. The first-order valence-corrected chi connectivity index (χ1v) is 22.4. The Kier molecular flexibility index (Phi) is 33.6. The summed E-state index contributed by atoms with van der Waals surface area (Å²) in [4.78, 5) is 23.0. The lowest BCUT2D eigenvalue weighted by Crippen LogP contribution is -2.45. The number of hydrogen-bond acceptors (Lipinski definition) is 5. The van der Waals surface area contributed by atoms with Gasteiger partial charge in [0.05, 0.1) is 39.9 Å². The molecule has 1 amide bonds. The Hall–Kier alpha value is -1.28. The van der Waals surface area contributed by atoms with Crippen LogP contribution >= 0.6 is 7.82 Å². The molecule has 0 aliphatic heterocycles. The van der Waals surface area contributed by atoms with E-state index in [1.54, 1.807) is 6.08 Å². The number of amides is 1. The molecule has 9 heteroatoms. The molecule has 0 fully saturated rings. The van der Waals surface area contributed by atoms with Gasteiger partial charge in [0.1, 0.15) is 13.2 Å². The summed E-state index contributed by atoms with van der Waals surface area (Å²) < 4.78 is 23.4. The molecule has 3 atom stereocenters. The van der Waals surface area contributed by atoms with E-state index in [0.717, 1.165) is 51.4 Å². The fourth-order valence-electron chi connectivity index (χ4n) is 5.70. The lowest BCUT2D eigenvalue weighted by Gasteiger charge is -2.25. The Labute approximate surface area is 315 Å². The summed E-state index contributed by atoms with van der Waals surface area (Å²) in [6.45, 7) is 4.75. The molecule has 0 radical (unpaired) electrons. The third kappa shape index (κ3) is 36.9. The third-order valence-electron chi connectivity index (χ3n) is 9.08. The van der Waals surface area contributed by atoms with Gasteiger partial charge in [0, 0.05) is 6.42 Å². The molecule has 0 saturated carbocycles. The second-order valence-electron chi connectivity index (χ2n) is 15.4. The van der Waals surface area contributed by atoms with Crippen LogP contribution in [0.2, 0.25) is 0 Å². The van der Waals surface area contributed by atoms with Crippen molar-refractivity contribution in [2.45, 2.75) is 187 Å². The van der Waals surface area contributed by atoms with Gasteiger partial charge in [0.15, 0.2) is 0 Å². The smallest absolute Gasteiger partial charge is 0.387 e. The van der Waals surface area contributed by atoms with Gasteiger partial charge in [0.25, 0.3) is 0 Å². The van der Waals surface area contributed by atoms with E-state index in [-0.39, 0.29) is 19.1 Å². The molecule has 0 aromatic heterocycles. The van der Waals surface area contributed by atoms with Gasteiger partial charge in [-0.2, -0.15) is 0 Å². The van der Waals surface area contributed by atoms with Crippen LogP contribution in [0.1, 0.15) is 174 Å². The van der Waals surface area contributed by atoms with Crippen molar-refractivity contribution in [3.63, 3.8) is 0 Å². The predicted octanol–water partition coefficient (Wildman–Crippen LogP) is 11.1. The van der Waals surface area contributed by atoms with Gasteiger partial charge in [-0.1, -0.05) is 147 Å². The van der Waals surface area contributed by atoms with Gasteiger partial charge >= 0.3 is 7.82 Å². The highest BCUT2D eigenvalue weighted by molar-refractivity contribution is 7.47. The predicted molar refractivity (Wildman–Crippen MR) is 217 cm³/mol. The topological polar surface area (TPSA) is 105 Å². The van der Waals surface area contributed by atoms with Gasteiger partial charge in [0.2, 0.25) is 5.91 Å². The van der Waals surface area contributed by atoms with Crippen molar-refractivity contribution < 1.29 is 32.9 Å². The number of likely N-dealkylation sites (N-methyl/N-ethyl adjacent to an activating group) is 1. The molecule has 0 bridgehead atoms. The molecule has 0 aromatic carbocycles. The second kappa shape index (κ2) is 34.5. The number of hydrogen-bond donors (Lipinski definition) is 3. The highest BCUT2D eigenvalue weighted by atomic mass is 31.2. The van der Waals surface area contributed by atoms with Crippen LogP contribution in [0.3, 0.4) is 0 Å².